The monoisotopic (exact) mass is 403 g/mol. The van der Waals surface area contributed by atoms with Gasteiger partial charge >= 0.3 is 12.6 Å². The molecule has 150 valence electrons. The number of amides is 3. The zero-order chi connectivity index (χ0) is 20.0. The Kier molecular flexibility index (Phi) is 7.65. The molecular weight excluding hydrogens is 380 g/mol. The molecule has 27 heavy (non-hydrogen) atoms. The van der Waals surface area contributed by atoms with Gasteiger partial charge in [0.05, 0.1) is 5.02 Å². The maximum atomic E-state index is 12.4. The summed E-state index contributed by atoms with van der Waals surface area (Å²) in [6.07, 6.45) is 1.14. The van der Waals surface area contributed by atoms with Crippen molar-refractivity contribution in [2.45, 2.75) is 33.3 Å². The van der Waals surface area contributed by atoms with E-state index >= 15 is 0 Å². The van der Waals surface area contributed by atoms with Gasteiger partial charge in [-0.2, -0.15) is 8.78 Å². The number of benzene rings is 1. The predicted octanol–water partition coefficient (Wildman–Crippen LogP) is 4.05. The van der Waals surface area contributed by atoms with Crippen LogP contribution in [0.4, 0.5) is 19.3 Å². The van der Waals surface area contributed by atoms with E-state index in [1.807, 2.05) is 13.8 Å². The third-order valence-corrected chi connectivity index (χ3v) is 4.88. The second kappa shape index (κ2) is 9.73. The molecule has 1 aliphatic rings. The number of ether oxygens (including phenoxy) is 1. The highest BCUT2D eigenvalue weighted by atomic mass is 35.5. The molecule has 1 aromatic rings. The average Bonchev–Trinajstić information content (AvgIpc) is 2.64. The van der Waals surface area contributed by atoms with E-state index < -0.39 is 6.61 Å². The maximum absolute atomic E-state index is 12.4. The van der Waals surface area contributed by atoms with Gasteiger partial charge in [0.15, 0.2) is 0 Å². The number of piperidine rings is 1. The van der Waals surface area contributed by atoms with E-state index in [1.165, 1.54) is 18.2 Å². The van der Waals surface area contributed by atoms with Crippen molar-refractivity contribution in [1.29, 1.82) is 0 Å². The van der Waals surface area contributed by atoms with Crippen molar-refractivity contribution in [1.82, 2.24) is 9.80 Å². The first kappa shape index (κ1) is 21.2. The van der Waals surface area contributed by atoms with E-state index in [-0.39, 0.29) is 28.6 Å². The number of nitrogens with one attached hydrogen (secondary N) is 1. The number of carbonyl (C=O) groups excluding carboxylic acids is 2. The van der Waals surface area contributed by atoms with Crippen molar-refractivity contribution in [3.8, 4) is 5.75 Å². The summed E-state index contributed by atoms with van der Waals surface area (Å²) in [7, 11) is 0. The lowest BCUT2D eigenvalue weighted by molar-refractivity contribution is -0.121. The van der Waals surface area contributed by atoms with Gasteiger partial charge in [0.1, 0.15) is 5.75 Å². The Labute approximate surface area is 162 Å². The van der Waals surface area contributed by atoms with Crippen LogP contribution >= 0.6 is 11.6 Å². The van der Waals surface area contributed by atoms with E-state index in [2.05, 4.69) is 10.1 Å². The normalized spacial score (nSPS) is 15.0. The van der Waals surface area contributed by atoms with Crippen molar-refractivity contribution < 1.29 is 23.1 Å². The minimum atomic E-state index is -2.97. The standard InChI is InChI=1S/C18H24ClF2N3O3/c1-3-23(4-2)18(26)24-9-7-12(8-10-24)16(25)22-13-5-6-15(14(19)11-13)27-17(20)21/h5-6,11-12,17H,3-4,7-10H2,1-2H3,(H,22,25). The third kappa shape index (κ3) is 5.69. The largest absolute Gasteiger partial charge is 0.433 e. The molecule has 0 spiro atoms. The number of hydrogen-bond donors (Lipinski definition) is 1. The average molecular weight is 404 g/mol. The summed E-state index contributed by atoms with van der Waals surface area (Å²) < 4.78 is 28.8. The quantitative estimate of drug-likeness (QED) is 0.779. The third-order valence-electron chi connectivity index (χ3n) is 4.59. The van der Waals surface area contributed by atoms with Crippen LogP contribution in [0.3, 0.4) is 0 Å². The molecule has 0 aliphatic carbocycles. The molecule has 0 saturated carbocycles. The molecule has 0 bridgehead atoms. The van der Waals surface area contributed by atoms with E-state index in [0.29, 0.717) is 44.7 Å². The van der Waals surface area contributed by atoms with Crippen molar-refractivity contribution in [2.24, 2.45) is 5.92 Å². The van der Waals surface area contributed by atoms with Gasteiger partial charge in [-0.05, 0) is 44.9 Å². The summed E-state index contributed by atoms with van der Waals surface area (Å²) in [6, 6.07) is 4.12. The summed E-state index contributed by atoms with van der Waals surface area (Å²) in [6.45, 7) is 3.26. The van der Waals surface area contributed by atoms with Crippen LogP contribution in [0.1, 0.15) is 26.7 Å². The Morgan fingerprint density at radius 3 is 2.44 bits per heavy atom. The Morgan fingerprint density at radius 1 is 1.30 bits per heavy atom. The number of urea groups is 1. The molecule has 1 heterocycles. The fourth-order valence-electron chi connectivity index (χ4n) is 3.04. The first-order chi connectivity index (χ1) is 12.8. The number of nitrogens with zero attached hydrogens (tertiary/aromatic N) is 2. The van der Waals surface area contributed by atoms with Gasteiger partial charge in [-0.1, -0.05) is 11.6 Å². The highest BCUT2D eigenvalue weighted by Gasteiger charge is 2.29. The van der Waals surface area contributed by atoms with Crippen LogP contribution in [0, 0.1) is 5.92 Å². The Balaban J connectivity index is 1.89. The molecule has 0 unspecified atom stereocenters. The lowest BCUT2D eigenvalue weighted by atomic mass is 9.96. The van der Waals surface area contributed by atoms with Gasteiger partial charge in [-0.25, -0.2) is 4.79 Å². The van der Waals surface area contributed by atoms with E-state index in [0.717, 1.165) is 0 Å². The van der Waals surface area contributed by atoms with Crippen LogP contribution in [0.15, 0.2) is 18.2 Å². The zero-order valence-corrected chi connectivity index (χ0v) is 16.1. The van der Waals surface area contributed by atoms with Crippen molar-refractivity contribution in [3.63, 3.8) is 0 Å². The summed E-state index contributed by atoms with van der Waals surface area (Å²) in [5.41, 5.74) is 0.410. The lowest BCUT2D eigenvalue weighted by Crippen LogP contribution is -2.47. The van der Waals surface area contributed by atoms with Gasteiger partial charge in [0.2, 0.25) is 5.91 Å². The fourth-order valence-corrected chi connectivity index (χ4v) is 3.27. The second-order valence-corrected chi connectivity index (χ2v) is 6.64. The topological polar surface area (TPSA) is 61.9 Å². The first-order valence-electron chi connectivity index (χ1n) is 8.94. The van der Waals surface area contributed by atoms with Crippen LogP contribution < -0.4 is 10.1 Å². The van der Waals surface area contributed by atoms with Crippen LogP contribution in [0.25, 0.3) is 0 Å². The predicted molar refractivity (Wildman–Crippen MR) is 99.3 cm³/mol. The van der Waals surface area contributed by atoms with Crippen molar-refractivity contribution >= 4 is 29.2 Å². The summed E-state index contributed by atoms with van der Waals surface area (Å²) in [5, 5.41) is 2.74. The summed E-state index contributed by atoms with van der Waals surface area (Å²) in [4.78, 5) is 28.3. The lowest BCUT2D eigenvalue weighted by Gasteiger charge is -2.34. The SMILES string of the molecule is CCN(CC)C(=O)N1CCC(C(=O)Nc2ccc(OC(F)F)c(Cl)c2)CC1. The summed E-state index contributed by atoms with van der Waals surface area (Å²) >= 11 is 5.90. The number of anilines is 1. The Bertz CT molecular complexity index is 663. The molecule has 1 aliphatic heterocycles. The van der Waals surface area contributed by atoms with Gasteiger partial charge < -0.3 is 19.9 Å². The molecule has 2 rings (SSSR count). The highest BCUT2D eigenvalue weighted by Crippen LogP contribution is 2.29. The maximum Gasteiger partial charge on any atom is 0.387 e. The molecule has 0 aromatic heterocycles. The first-order valence-corrected chi connectivity index (χ1v) is 9.32. The Hall–Kier alpha value is -2.09. The molecule has 1 aromatic carbocycles. The number of carbonyl (C=O) groups is 2. The molecule has 9 heteroatoms. The van der Waals surface area contributed by atoms with Gasteiger partial charge in [0.25, 0.3) is 0 Å². The number of hydrogen-bond acceptors (Lipinski definition) is 3. The van der Waals surface area contributed by atoms with Crippen molar-refractivity contribution in [3.05, 3.63) is 23.2 Å². The Morgan fingerprint density at radius 2 is 1.93 bits per heavy atom. The van der Waals surface area contributed by atoms with E-state index in [4.69, 9.17) is 11.6 Å². The number of likely N-dealkylation sites (tertiary alicyclic amines) is 1. The molecule has 6 nitrogen and oxygen atoms in total. The molecule has 1 fully saturated rings. The number of rotatable bonds is 6. The summed E-state index contributed by atoms with van der Waals surface area (Å²) in [5.74, 6) is -0.544. The second-order valence-electron chi connectivity index (χ2n) is 6.23. The van der Waals surface area contributed by atoms with Gasteiger partial charge in [-0.3, -0.25) is 4.79 Å². The number of halogens is 3. The molecule has 3 amide bonds. The van der Waals surface area contributed by atoms with Crippen molar-refractivity contribution in [2.75, 3.05) is 31.5 Å². The fraction of sp³-hybridized carbons (Fsp3) is 0.556. The number of alkyl halides is 2. The molecule has 1 saturated heterocycles. The van der Waals surface area contributed by atoms with E-state index in [9.17, 15) is 18.4 Å². The van der Waals surface area contributed by atoms with Crippen LogP contribution in [-0.2, 0) is 4.79 Å². The van der Waals surface area contributed by atoms with Gasteiger partial charge in [-0.15, -0.1) is 0 Å². The van der Waals surface area contributed by atoms with Gasteiger partial charge in [0, 0.05) is 37.8 Å². The van der Waals surface area contributed by atoms with Crippen LogP contribution in [0.2, 0.25) is 5.02 Å². The van der Waals surface area contributed by atoms with Crippen LogP contribution in [0.5, 0.6) is 5.75 Å². The zero-order valence-electron chi connectivity index (χ0n) is 15.4. The minimum Gasteiger partial charge on any atom is -0.433 e. The van der Waals surface area contributed by atoms with E-state index in [1.54, 1.807) is 9.80 Å². The molecule has 0 atom stereocenters. The smallest absolute Gasteiger partial charge is 0.387 e. The highest BCUT2D eigenvalue weighted by molar-refractivity contribution is 6.32. The minimum absolute atomic E-state index is 0.000240. The molecular formula is C18H24ClF2N3O3. The van der Waals surface area contributed by atoms with Crippen LogP contribution in [-0.4, -0.2) is 54.5 Å². The molecule has 1 N–H and O–H groups in total. The molecule has 0 radical (unpaired) electrons.